The molecule has 0 bridgehead atoms. The van der Waals surface area contributed by atoms with Gasteiger partial charge in [0.05, 0.1) is 22.8 Å². The van der Waals surface area contributed by atoms with Crippen molar-refractivity contribution >= 4 is 33.8 Å². The van der Waals surface area contributed by atoms with Crippen molar-refractivity contribution in [2.45, 2.75) is 20.3 Å². The summed E-state index contributed by atoms with van der Waals surface area (Å²) in [7, 11) is 0. The summed E-state index contributed by atoms with van der Waals surface area (Å²) in [6.45, 7) is 3.86. The lowest BCUT2D eigenvalue weighted by molar-refractivity contribution is -0.119. The standard InChI is InChI=1S/C28H23FN8O/c1-3-15(2)28(38)33-18-10-16(12-30-14-18)17-11-21-24(36-37-25(21)32-13-17)27-34-23-20(8-9-31-26(23)35-27)19-6-4-5-7-22(19)29/h4-15H,3H2,1-2H3,(H,33,38)(H,31,34,35)(H,32,36,37). The first kappa shape index (κ1) is 23.4. The molecule has 38 heavy (non-hydrogen) atoms. The summed E-state index contributed by atoms with van der Waals surface area (Å²) in [4.78, 5) is 33.4. The quantitative estimate of drug-likeness (QED) is 0.264. The molecule has 1 unspecified atom stereocenters. The van der Waals surface area contributed by atoms with Gasteiger partial charge in [0.2, 0.25) is 5.91 Å². The molecule has 3 N–H and O–H groups in total. The van der Waals surface area contributed by atoms with Gasteiger partial charge in [-0.05, 0) is 30.7 Å². The Hall–Kier alpha value is -4.99. The Labute approximate surface area is 216 Å². The maximum Gasteiger partial charge on any atom is 0.227 e. The molecule has 0 saturated carbocycles. The van der Waals surface area contributed by atoms with E-state index in [0.29, 0.717) is 45.1 Å². The van der Waals surface area contributed by atoms with Crippen LogP contribution in [0.1, 0.15) is 20.3 Å². The summed E-state index contributed by atoms with van der Waals surface area (Å²) in [6, 6.07) is 12.2. The van der Waals surface area contributed by atoms with Crippen LogP contribution in [0, 0.1) is 11.7 Å². The highest BCUT2D eigenvalue weighted by Crippen LogP contribution is 2.33. The number of fused-ring (bicyclic) bond motifs is 2. The van der Waals surface area contributed by atoms with E-state index < -0.39 is 0 Å². The smallest absolute Gasteiger partial charge is 0.227 e. The molecule has 5 heterocycles. The maximum absolute atomic E-state index is 14.5. The molecule has 10 heteroatoms. The average molecular weight is 507 g/mol. The third-order valence-electron chi connectivity index (χ3n) is 6.60. The Morgan fingerprint density at radius 3 is 2.71 bits per heavy atom. The minimum absolute atomic E-state index is 0.0506. The molecule has 1 amide bonds. The van der Waals surface area contributed by atoms with Gasteiger partial charge in [-0.2, -0.15) is 5.10 Å². The number of amides is 1. The van der Waals surface area contributed by atoms with Crippen molar-refractivity contribution in [2.75, 3.05) is 5.32 Å². The van der Waals surface area contributed by atoms with Gasteiger partial charge in [-0.3, -0.25) is 14.9 Å². The van der Waals surface area contributed by atoms with E-state index in [2.05, 4.69) is 40.4 Å². The van der Waals surface area contributed by atoms with E-state index in [4.69, 9.17) is 0 Å². The molecule has 0 saturated heterocycles. The molecule has 0 aliphatic heterocycles. The minimum atomic E-state index is -0.326. The van der Waals surface area contributed by atoms with Crippen LogP contribution in [0.5, 0.6) is 0 Å². The van der Waals surface area contributed by atoms with Crippen LogP contribution in [0.3, 0.4) is 0 Å². The lowest BCUT2D eigenvalue weighted by Gasteiger charge is -2.10. The number of imidazole rings is 1. The fourth-order valence-electron chi connectivity index (χ4n) is 4.29. The number of carbonyl (C=O) groups is 1. The van der Waals surface area contributed by atoms with E-state index >= 15 is 0 Å². The van der Waals surface area contributed by atoms with Crippen molar-refractivity contribution in [1.29, 1.82) is 0 Å². The van der Waals surface area contributed by atoms with Gasteiger partial charge in [-0.15, -0.1) is 0 Å². The van der Waals surface area contributed by atoms with Gasteiger partial charge in [0.15, 0.2) is 17.1 Å². The second-order valence-electron chi connectivity index (χ2n) is 9.08. The Kier molecular flexibility index (Phi) is 5.83. The van der Waals surface area contributed by atoms with Crippen LogP contribution >= 0.6 is 0 Å². The first-order valence-electron chi connectivity index (χ1n) is 12.2. The second kappa shape index (κ2) is 9.47. The van der Waals surface area contributed by atoms with Crippen LogP contribution in [0.25, 0.3) is 56.0 Å². The first-order valence-corrected chi connectivity index (χ1v) is 12.2. The summed E-state index contributed by atoms with van der Waals surface area (Å²) in [5.41, 5.74) is 5.55. The van der Waals surface area contributed by atoms with Crippen LogP contribution in [-0.4, -0.2) is 41.0 Å². The van der Waals surface area contributed by atoms with Crippen molar-refractivity contribution in [1.82, 2.24) is 35.1 Å². The largest absolute Gasteiger partial charge is 0.335 e. The number of aromatic nitrogens is 7. The molecular weight excluding hydrogens is 483 g/mol. The molecule has 188 valence electrons. The zero-order chi connectivity index (χ0) is 26.2. The highest BCUT2D eigenvalue weighted by Gasteiger charge is 2.18. The summed E-state index contributed by atoms with van der Waals surface area (Å²) in [6.07, 6.45) is 7.41. The number of benzene rings is 1. The van der Waals surface area contributed by atoms with Gasteiger partial charge in [0.1, 0.15) is 11.5 Å². The van der Waals surface area contributed by atoms with E-state index in [1.165, 1.54) is 6.07 Å². The van der Waals surface area contributed by atoms with Crippen LogP contribution in [0.4, 0.5) is 10.1 Å². The van der Waals surface area contributed by atoms with Gasteiger partial charge in [-0.1, -0.05) is 32.0 Å². The van der Waals surface area contributed by atoms with E-state index in [-0.39, 0.29) is 17.6 Å². The number of aromatic amines is 2. The molecule has 6 aromatic rings. The molecule has 1 atom stereocenters. The Morgan fingerprint density at radius 2 is 1.87 bits per heavy atom. The number of nitrogens with zero attached hydrogens (tertiary/aromatic N) is 5. The predicted octanol–water partition coefficient (Wildman–Crippen LogP) is 5.75. The lowest BCUT2D eigenvalue weighted by Crippen LogP contribution is -2.19. The summed E-state index contributed by atoms with van der Waals surface area (Å²) >= 11 is 0. The number of rotatable bonds is 6. The normalized spacial score (nSPS) is 12.2. The number of hydrogen-bond donors (Lipinski definition) is 3. The molecule has 0 aliphatic rings. The Balaban J connectivity index is 1.40. The molecule has 5 aromatic heterocycles. The Bertz CT molecular complexity index is 1810. The van der Waals surface area contributed by atoms with E-state index in [1.54, 1.807) is 49.1 Å². The fraction of sp³-hybridized carbons (Fsp3) is 0.143. The topological polar surface area (TPSA) is 125 Å². The second-order valence-corrected chi connectivity index (χ2v) is 9.08. The third kappa shape index (κ3) is 4.15. The number of carbonyl (C=O) groups excluding carboxylic acids is 1. The zero-order valence-electron chi connectivity index (χ0n) is 20.7. The lowest BCUT2D eigenvalue weighted by atomic mass is 10.1. The zero-order valence-corrected chi connectivity index (χ0v) is 20.7. The molecule has 1 aromatic carbocycles. The van der Waals surface area contributed by atoms with E-state index in [1.807, 2.05) is 26.0 Å². The predicted molar refractivity (Wildman–Crippen MR) is 143 cm³/mol. The van der Waals surface area contributed by atoms with Crippen molar-refractivity contribution < 1.29 is 9.18 Å². The molecule has 0 spiro atoms. The van der Waals surface area contributed by atoms with E-state index in [0.717, 1.165) is 22.9 Å². The monoisotopic (exact) mass is 506 g/mol. The molecule has 9 nitrogen and oxygen atoms in total. The summed E-state index contributed by atoms with van der Waals surface area (Å²) in [5.74, 6) is 0.0337. The summed E-state index contributed by atoms with van der Waals surface area (Å²) < 4.78 is 14.5. The van der Waals surface area contributed by atoms with Crippen molar-refractivity contribution in [2.24, 2.45) is 5.92 Å². The average Bonchev–Trinajstić information content (AvgIpc) is 3.56. The third-order valence-corrected chi connectivity index (χ3v) is 6.60. The Morgan fingerprint density at radius 1 is 1.03 bits per heavy atom. The minimum Gasteiger partial charge on any atom is -0.335 e. The SMILES string of the molecule is CCC(C)C(=O)Nc1cncc(-c2cnc3n[nH]c(-c4nc5nccc(-c6ccccc6F)c5[nH]4)c3c2)c1. The number of anilines is 1. The molecule has 0 aliphatic carbocycles. The van der Waals surface area contributed by atoms with Gasteiger partial charge in [0.25, 0.3) is 0 Å². The van der Waals surface area contributed by atoms with Crippen LogP contribution in [0.15, 0.2) is 67.3 Å². The number of nitrogens with one attached hydrogen (secondary N) is 3. The first-order chi connectivity index (χ1) is 18.5. The van der Waals surface area contributed by atoms with Crippen molar-refractivity contribution in [3.63, 3.8) is 0 Å². The molecule has 0 fully saturated rings. The number of pyridine rings is 3. The molecular formula is C28H23FN8O. The van der Waals surface area contributed by atoms with Gasteiger partial charge >= 0.3 is 0 Å². The van der Waals surface area contributed by atoms with Crippen molar-refractivity contribution in [3.8, 4) is 33.8 Å². The van der Waals surface area contributed by atoms with Crippen LogP contribution in [0.2, 0.25) is 0 Å². The molecule has 0 radical (unpaired) electrons. The number of halogens is 1. The maximum atomic E-state index is 14.5. The van der Waals surface area contributed by atoms with Crippen LogP contribution in [-0.2, 0) is 4.79 Å². The number of hydrogen-bond acceptors (Lipinski definition) is 6. The van der Waals surface area contributed by atoms with E-state index in [9.17, 15) is 9.18 Å². The van der Waals surface area contributed by atoms with Gasteiger partial charge in [-0.25, -0.2) is 19.3 Å². The highest BCUT2D eigenvalue weighted by atomic mass is 19.1. The molecule has 6 rings (SSSR count). The van der Waals surface area contributed by atoms with Gasteiger partial charge < -0.3 is 10.3 Å². The van der Waals surface area contributed by atoms with Gasteiger partial charge in [0, 0.05) is 46.8 Å². The number of H-pyrrole nitrogens is 2. The fourth-order valence-corrected chi connectivity index (χ4v) is 4.29. The highest BCUT2D eigenvalue weighted by molar-refractivity contribution is 5.96. The van der Waals surface area contributed by atoms with Crippen LogP contribution < -0.4 is 5.32 Å². The summed E-state index contributed by atoms with van der Waals surface area (Å²) in [5, 5.41) is 11.0. The van der Waals surface area contributed by atoms with Crippen molar-refractivity contribution in [3.05, 3.63) is 73.1 Å².